The molecule has 0 spiro atoms. The second-order valence-corrected chi connectivity index (χ2v) is 4.76. The Balaban J connectivity index is 0.000000745. The fourth-order valence-electron chi connectivity index (χ4n) is 2.11. The highest BCUT2D eigenvalue weighted by molar-refractivity contribution is 5.78. The molecule has 1 fully saturated rings. The average Bonchev–Trinajstić information content (AvgIpc) is 2.87. The highest BCUT2D eigenvalue weighted by Gasteiger charge is 2.33. The van der Waals surface area contributed by atoms with Crippen molar-refractivity contribution in [2.75, 3.05) is 13.2 Å². The summed E-state index contributed by atoms with van der Waals surface area (Å²) in [6.07, 6.45) is -0.959. The molecule has 3 atom stereocenters. The molecule has 0 aromatic carbocycles. The van der Waals surface area contributed by atoms with Crippen LogP contribution in [0.3, 0.4) is 0 Å². The van der Waals surface area contributed by atoms with Crippen molar-refractivity contribution >= 4 is 12.4 Å². The van der Waals surface area contributed by atoms with E-state index in [9.17, 15) is 9.90 Å². The molecule has 124 valence electrons. The van der Waals surface area contributed by atoms with Crippen molar-refractivity contribution in [3.63, 3.8) is 0 Å². The van der Waals surface area contributed by atoms with E-state index >= 15 is 0 Å². The van der Waals surface area contributed by atoms with Gasteiger partial charge in [0.1, 0.15) is 18.0 Å². The molecule has 1 aliphatic heterocycles. The normalized spacial score (nSPS) is 24.0. The van der Waals surface area contributed by atoms with E-state index in [0.29, 0.717) is 24.5 Å². The maximum absolute atomic E-state index is 11.8. The molecular weight excluding hydrogens is 296 g/mol. The smallest absolute Gasteiger partial charge is 0.290 e. The van der Waals surface area contributed by atoms with Crippen molar-refractivity contribution in [1.29, 1.82) is 0 Å². The van der Waals surface area contributed by atoms with Gasteiger partial charge in [0.25, 0.3) is 6.47 Å². The zero-order chi connectivity index (χ0) is 16.5. The number of carbonyl (C=O) groups excluding carboxylic acids is 1. The van der Waals surface area contributed by atoms with Crippen LogP contribution in [0.4, 0.5) is 0 Å². The molecule has 0 radical (unpaired) electrons. The molecule has 9 nitrogen and oxygen atoms in total. The summed E-state index contributed by atoms with van der Waals surface area (Å²) in [6, 6.07) is 1.28. The first kappa shape index (κ1) is 18.1. The van der Waals surface area contributed by atoms with Gasteiger partial charge >= 0.3 is 0 Å². The van der Waals surface area contributed by atoms with E-state index in [1.165, 1.54) is 0 Å². The second-order valence-electron chi connectivity index (χ2n) is 4.76. The number of aryl methyl sites for hydroxylation is 1. The van der Waals surface area contributed by atoms with Gasteiger partial charge in [-0.15, -0.1) is 0 Å². The standard InChI is InChI=1S/C12H18N2O5.CH2O2/c1-7-4-8(19-14-7)5-11(16)13-9-2-3-18-10(6-15)12(9)17;2-1-3/h4,9-10,12,15,17H,2-3,5-6H2,1H3,(H,13,16);1H,(H,2,3)/t9-,10+,12-;/m0./s1. The topological polar surface area (TPSA) is 142 Å². The minimum atomic E-state index is -0.904. The number of aliphatic hydroxyl groups excluding tert-OH is 2. The average molecular weight is 316 g/mol. The van der Waals surface area contributed by atoms with Gasteiger partial charge < -0.3 is 29.9 Å². The van der Waals surface area contributed by atoms with Gasteiger partial charge in [-0.05, 0) is 13.3 Å². The van der Waals surface area contributed by atoms with Crippen LogP contribution in [0.5, 0.6) is 0 Å². The van der Waals surface area contributed by atoms with Crippen LogP contribution in [0.2, 0.25) is 0 Å². The minimum Gasteiger partial charge on any atom is -0.483 e. The second kappa shape index (κ2) is 9.13. The zero-order valence-corrected chi connectivity index (χ0v) is 12.1. The lowest BCUT2D eigenvalue weighted by Crippen LogP contribution is -2.54. The lowest BCUT2D eigenvalue weighted by atomic mass is 10.00. The first-order valence-electron chi connectivity index (χ1n) is 6.71. The molecular formula is C13H20N2O7. The summed E-state index contributed by atoms with van der Waals surface area (Å²) in [4.78, 5) is 20.2. The summed E-state index contributed by atoms with van der Waals surface area (Å²) in [5, 5.41) is 32.3. The molecule has 1 aromatic rings. The van der Waals surface area contributed by atoms with Gasteiger partial charge in [0.15, 0.2) is 0 Å². The van der Waals surface area contributed by atoms with Crippen LogP contribution in [0.25, 0.3) is 0 Å². The molecule has 2 heterocycles. The summed E-state index contributed by atoms with van der Waals surface area (Å²) in [5.41, 5.74) is 0.717. The highest BCUT2D eigenvalue weighted by Crippen LogP contribution is 2.15. The zero-order valence-electron chi connectivity index (χ0n) is 12.1. The minimum absolute atomic E-state index is 0.0781. The van der Waals surface area contributed by atoms with Gasteiger partial charge in [0.2, 0.25) is 5.91 Å². The number of amides is 1. The number of carbonyl (C=O) groups is 2. The molecule has 9 heteroatoms. The van der Waals surface area contributed by atoms with E-state index in [0.717, 1.165) is 0 Å². The van der Waals surface area contributed by atoms with Crippen molar-refractivity contribution < 1.29 is 34.2 Å². The van der Waals surface area contributed by atoms with Gasteiger partial charge in [-0.25, -0.2) is 0 Å². The predicted molar refractivity (Wildman–Crippen MR) is 73.0 cm³/mol. The quantitative estimate of drug-likeness (QED) is 0.510. The number of hydrogen-bond donors (Lipinski definition) is 4. The third kappa shape index (κ3) is 5.43. The Labute approximate surface area is 126 Å². The highest BCUT2D eigenvalue weighted by atomic mass is 16.5. The molecule has 0 unspecified atom stereocenters. The molecule has 1 aliphatic rings. The number of hydrogen-bond acceptors (Lipinski definition) is 7. The molecule has 4 N–H and O–H groups in total. The summed E-state index contributed by atoms with van der Waals surface area (Å²) in [5.74, 6) is 0.231. The molecule has 0 bridgehead atoms. The van der Waals surface area contributed by atoms with E-state index in [4.69, 9.17) is 24.3 Å². The Morgan fingerprint density at radius 1 is 1.59 bits per heavy atom. The van der Waals surface area contributed by atoms with Gasteiger partial charge in [-0.1, -0.05) is 5.16 Å². The number of carboxylic acid groups (broad SMARTS) is 1. The molecule has 22 heavy (non-hydrogen) atoms. The molecule has 1 saturated heterocycles. The largest absolute Gasteiger partial charge is 0.483 e. The lowest BCUT2D eigenvalue weighted by molar-refractivity contribution is -0.131. The monoisotopic (exact) mass is 316 g/mol. The van der Waals surface area contributed by atoms with Crippen LogP contribution in [-0.2, 0) is 20.7 Å². The van der Waals surface area contributed by atoms with Crippen LogP contribution in [0, 0.1) is 6.92 Å². The maximum atomic E-state index is 11.8. The number of nitrogens with one attached hydrogen (secondary N) is 1. The van der Waals surface area contributed by atoms with E-state index in [1.54, 1.807) is 13.0 Å². The predicted octanol–water partition coefficient (Wildman–Crippen LogP) is -1.15. The van der Waals surface area contributed by atoms with E-state index in [1.807, 2.05) is 0 Å². The van der Waals surface area contributed by atoms with Gasteiger partial charge in [0.05, 0.1) is 24.8 Å². The Morgan fingerprint density at radius 3 is 2.82 bits per heavy atom. The third-order valence-corrected chi connectivity index (χ3v) is 3.09. The number of aromatic nitrogens is 1. The Hall–Kier alpha value is -1.97. The summed E-state index contributed by atoms with van der Waals surface area (Å²) >= 11 is 0. The molecule has 0 aliphatic carbocycles. The van der Waals surface area contributed by atoms with E-state index < -0.39 is 18.2 Å². The lowest BCUT2D eigenvalue weighted by Gasteiger charge is -2.34. The van der Waals surface area contributed by atoms with E-state index in [2.05, 4.69) is 10.5 Å². The molecule has 2 rings (SSSR count). The molecule has 1 amide bonds. The van der Waals surface area contributed by atoms with Crippen LogP contribution in [0.15, 0.2) is 10.6 Å². The van der Waals surface area contributed by atoms with Crippen molar-refractivity contribution in [2.24, 2.45) is 0 Å². The molecule has 1 aromatic heterocycles. The van der Waals surface area contributed by atoms with Crippen LogP contribution in [0.1, 0.15) is 17.9 Å². The number of rotatable bonds is 4. The van der Waals surface area contributed by atoms with E-state index in [-0.39, 0.29) is 25.4 Å². The molecule has 0 saturated carbocycles. The fraction of sp³-hybridized carbons (Fsp3) is 0.615. The fourth-order valence-corrected chi connectivity index (χ4v) is 2.11. The SMILES string of the molecule is Cc1cc(CC(=O)N[C@H]2CCO[C@H](CO)[C@H]2O)on1.O=CO. The van der Waals surface area contributed by atoms with Gasteiger partial charge in [-0.3, -0.25) is 9.59 Å². The van der Waals surface area contributed by atoms with Crippen LogP contribution >= 0.6 is 0 Å². The number of aliphatic hydroxyl groups is 2. The summed E-state index contributed by atoms with van der Waals surface area (Å²) in [6.45, 7) is 1.66. The van der Waals surface area contributed by atoms with Crippen molar-refractivity contribution in [3.8, 4) is 0 Å². The van der Waals surface area contributed by atoms with Gasteiger partial charge in [-0.2, -0.15) is 0 Å². The van der Waals surface area contributed by atoms with Crippen molar-refractivity contribution in [1.82, 2.24) is 10.5 Å². The first-order chi connectivity index (χ1) is 10.5. The van der Waals surface area contributed by atoms with Crippen LogP contribution < -0.4 is 5.32 Å². The first-order valence-corrected chi connectivity index (χ1v) is 6.71. The summed E-state index contributed by atoms with van der Waals surface area (Å²) in [7, 11) is 0. The maximum Gasteiger partial charge on any atom is 0.290 e. The van der Waals surface area contributed by atoms with Gasteiger partial charge in [0, 0.05) is 12.7 Å². The van der Waals surface area contributed by atoms with Crippen molar-refractivity contribution in [2.45, 2.75) is 38.0 Å². The third-order valence-electron chi connectivity index (χ3n) is 3.09. The van der Waals surface area contributed by atoms with Crippen molar-refractivity contribution in [3.05, 3.63) is 17.5 Å². The Kier molecular flexibility index (Phi) is 7.50. The number of ether oxygens (including phenoxy) is 1. The number of nitrogens with zero attached hydrogens (tertiary/aromatic N) is 1. The summed E-state index contributed by atoms with van der Waals surface area (Å²) < 4.78 is 10.1. The van der Waals surface area contributed by atoms with Crippen LogP contribution in [-0.4, -0.2) is 64.3 Å². The Morgan fingerprint density at radius 2 is 2.27 bits per heavy atom. The Bertz CT molecular complexity index is 477.